The molecule has 5 nitrogen and oxygen atoms in total. The number of nitrogens with one attached hydrogen (secondary N) is 3. The van der Waals surface area contributed by atoms with Crippen molar-refractivity contribution in [1.82, 2.24) is 10.6 Å². The lowest BCUT2D eigenvalue weighted by Crippen LogP contribution is -2.47. The van der Waals surface area contributed by atoms with Gasteiger partial charge in [-0.1, -0.05) is 31.5 Å². The van der Waals surface area contributed by atoms with Crippen LogP contribution in [0.2, 0.25) is 0 Å². The molecule has 0 saturated carbocycles. The maximum atomic E-state index is 12.9. The Morgan fingerprint density at radius 1 is 1.04 bits per heavy atom. The number of benzene rings is 2. The van der Waals surface area contributed by atoms with Gasteiger partial charge in [0.15, 0.2) is 0 Å². The first kappa shape index (κ1) is 20.4. The third-order valence-corrected chi connectivity index (χ3v) is 4.05. The lowest BCUT2D eigenvalue weighted by atomic mass is 10.1. The Kier molecular flexibility index (Phi) is 7.34. The lowest BCUT2D eigenvalue weighted by Gasteiger charge is -2.19. The predicted molar refractivity (Wildman–Crippen MR) is 105 cm³/mol. The van der Waals surface area contributed by atoms with Crippen LogP contribution in [0.5, 0.6) is 0 Å². The molecule has 1 atom stereocenters. The molecule has 0 aliphatic heterocycles. The van der Waals surface area contributed by atoms with Gasteiger partial charge in [-0.15, -0.1) is 0 Å². The zero-order valence-corrected chi connectivity index (χ0v) is 15.9. The molecule has 0 bridgehead atoms. The molecule has 2 aromatic carbocycles. The molecular formula is C21H26FN3O2. The first-order valence-corrected chi connectivity index (χ1v) is 9.05. The standard InChI is InChI=1S/C21H26FN3O2/c1-4-5-19(20(26)24-18-11-14(2)10-15(3)12-18)25-21(27)23-13-16-6-8-17(22)9-7-16/h6-12,19H,4-5,13H2,1-3H3,(H,24,26)(H2,23,25,27). The smallest absolute Gasteiger partial charge is 0.315 e. The van der Waals surface area contributed by atoms with E-state index in [4.69, 9.17) is 0 Å². The highest BCUT2D eigenvalue weighted by molar-refractivity contribution is 5.97. The molecule has 0 spiro atoms. The van der Waals surface area contributed by atoms with Gasteiger partial charge in [0.1, 0.15) is 11.9 Å². The molecule has 0 fully saturated rings. The Hall–Kier alpha value is -2.89. The predicted octanol–water partition coefficient (Wildman–Crippen LogP) is 4.05. The van der Waals surface area contributed by atoms with Gasteiger partial charge < -0.3 is 16.0 Å². The maximum absolute atomic E-state index is 12.9. The Morgan fingerprint density at radius 3 is 2.26 bits per heavy atom. The maximum Gasteiger partial charge on any atom is 0.315 e. The zero-order chi connectivity index (χ0) is 19.8. The van der Waals surface area contributed by atoms with Crippen LogP contribution in [0.3, 0.4) is 0 Å². The number of carbonyl (C=O) groups excluding carboxylic acids is 2. The van der Waals surface area contributed by atoms with E-state index in [9.17, 15) is 14.0 Å². The van der Waals surface area contributed by atoms with Crippen molar-refractivity contribution >= 4 is 17.6 Å². The van der Waals surface area contributed by atoms with Crippen LogP contribution in [0, 0.1) is 19.7 Å². The number of carbonyl (C=O) groups is 2. The first-order valence-electron chi connectivity index (χ1n) is 9.05. The number of halogens is 1. The van der Waals surface area contributed by atoms with Gasteiger partial charge >= 0.3 is 6.03 Å². The van der Waals surface area contributed by atoms with E-state index in [1.165, 1.54) is 12.1 Å². The normalized spacial score (nSPS) is 11.6. The second-order valence-electron chi connectivity index (χ2n) is 6.66. The molecule has 144 valence electrons. The van der Waals surface area contributed by atoms with Gasteiger partial charge in [0.05, 0.1) is 0 Å². The van der Waals surface area contributed by atoms with Crippen LogP contribution in [-0.4, -0.2) is 18.0 Å². The fourth-order valence-corrected chi connectivity index (χ4v) is 2.83. The van der Waals surface area contributed by atoms with E-state index in [1.54, 1.807) is 12.1 Å². The van der Waals surface area contributed by atoms with Crippen LogP contribution in [0.4, 0.5) is 14.9 Å². The summed E-state index contributed by atoms with van der Waals surface area (Å²) in [5.41, 5.74) is 3.61. The van der Waals surface area contributed by atoms with Crippen LogP contribution in [0.25, 0.3) is 0 Å². The van der Waals surface area contributed by atoms with Crippen molar-refractivity contribution in [2.45, 2.75) is 46.2 Å². The number of anilines is 1. The van der Waals surface area contributed by atoms with Gasteiger partial charge in [-0.3, -0.25) is 4.79 Å². The van der Waals surface area contributed by atoms with E-state index >= 15 is 0 Å². The average Bonchev–Trinajstić information content (AvgIpc) is 2.60. The van der Waals surface area contributed by atoms with Crippen molar-refractivity contribution in [2.24, 2.45) is 0 Å². The fourth-order valence-electron chi connectivity index (χ4n) is 2.83. The van der Waals surface area contributed by atoms with E-state index in [2.05, 4.69) is 16.0 Å². The van der Waals surface area contributed by atoms with Crippen molar-refractivity contribution in [3.05, 3.63) is 65.0 Å². The Morgan fingerprint density at radius 2 is 1.67 bits per heavy atom. The molecule has 0 saturated heterocycles. The molecule has 0 heterocycles. The van der Waals surface area contributed by atoms with Gasteiger partial charge in [0.2, 0.25) is 5.91 Å². The summed E-state index contributed by atoms with van der Waals surface area (Å²) in [6.45, 7) is 6.14. The van der Waals surface area contributed by atoms with Crippen molar-refractivity contribution in [3.63, 3.8) is 0 Å². The highest BCUT2D eigenvalue weighted by atomic mass is 19.1. The third-order valence-electron chi connectivity index (χ3n) is 4.05. The van der Waals surface area contributed by atoms with Crippen molar-refractivity contribution in [2.75, 3.05) is 5.32 Å². The summed E-state index contributed by atoms with van der Waals surface area (Å²) in [6.07, 6.45) is 1.28. The minimum Gasteiger partial charge on any atom is -0.334 e. The van der Waals surface area contributed by atoms with Gasteiger partial charge in [-0.05, 0) is 61.2 Å². The van der Waals surface area contributed by atoms with Crippen LogP contribution < -0.4 is 16.0 Å². The summed E-state index contributed by atoms with van der Waals surface area (Å²) >= 11 is 0. The van der Waals surface area contributed by atoms with Gasteiger partial charge in [0, 0.05) is 12.2 Å². The summed E-state index contributed by atoms with van der Waals surface area (Å²) < 4.78 is 12.9. The first-order chi connectivity index (χ1) is 12.9. The Labute approximate surface area is 159 Å². The van der Waals surface area contributed by atoms with E-state index in [-0.39, 0.29) is 18.3 Å². The molecule has 0 aromatic heterocycles. The summed E-state index contributed by atoms with van der Waals surface area (Å²) in [7, 11) is 0. The van der Waals surface area contributed by atoms with Crippen molar-refractivity contribution < 1.29 is 14.0 Å². The van der Waals surface area contributed by atoms with Crippen molar-refractivity contribution in [1.29, 1.82) is 0 Å². The molecule has 6 heteroatoms. The van der Waals surface area contributed by atoms with Gasteiger partial charge in [0.25, 0.3) is 0 Å². The lowest BCUT2D eigenvalue weighted by molar-refractivity contribution is -0.118. The largest absolute Gasteiger partial charge is 0.334 e. The minimum absolute atomic E-state index is 0.251. The summed E-state index contributed by atoms with van der Waals surface area (Å²) in [4.78, 5) is 24.7. The summed E-state index contributed by atoms with van der Waals surface area (Å²) in [6, 6.07) is 10.6. The monoisotopic (exact) mass is 371 g/mol. The van der Waals surface area contributed by atoms with E-state index in [0.29, 0.717) is 12.1 Å². The topological polar surface area (TPSA) is 70.2 Å². The molecule has 1 unspecified atom stereocenters. The highest BCUT2D eigenvalue weighted by Crippen LogP contribution is 2.14. The molecule has 0 radical (unpaired) electrons. The van der Waals surface area contributed by atoms with E-state index < -0.39 is 12.1 Å². The SMILES string of the molecule is CCCC(NC(=O)NCc1ccc(F)cc1)C(=O)Nc1cc(C)cc(C)c1. The fraction of sp³-hybridized carbons (Fsp3) is 0.333. The van der Waals surface area contributed by atoms with Crippen LogP contribution in [0.15, 0.2) is 42.5 Å². The second-order valence-corrected chi connectivity index (χ2v) is 6.66. The number of hydrogen-bond acceptors (Lipinski definition) is 2. The number of rotatable bonds is 7. The molecule has 2 aromatic rings. The number of urea groups is 1. The van der Waals surface area contributed by atoms with Gasteiger partial charge in [-0.25, -0.2) is 9.18 Å². The number of aryl methyl sites for hydroxylation is 2. The highest BCUT2D eigenvalue weighted by Gasteiger charge is 2.20. The minimum atomic E-state index is -0.635. The molecule has 3 N–H and O–H groups in total. The molecule has 0 aliphatic carbocycles. The van der Waals surface area contributed by atoms with Crippen molar-refractivity contribution in [3.8, 4) is 0 Å². The van der Waals surface area contributed by atoms with Crippen LogP contribution in [-0.2, 0) is 11.3 Å². The summed E-state index contributed by atoms with van der Waals surface area (Å²) in [5, 5.41) is 8.28. The quantitative estimate of drug-likeness (QED) is 0.687. The van der Waals surface area contributed by atoms with E-state index in [0.717, 1.165) is 23.1 Å². The number of hydrogen-bond donors (Lipinski definition) is 3. The molecule has 0 aliphatic rings. The average molecular weight is 371 g/mol. The molecule has 27 heavy (non-hydrogen) atoms. The second kappa shape index (κ2) is 9.71. The Balaban J connectivity index is 1.93. The van der Waals surface area contributed by atoms with E-state index in [1.807, 2.05) is 39.0 Å². The molecule has 3 amide bonds. The molecular weight excluding hydrogens is 345 g/mol. The Bertz CT molecular complexity index is 770. The van der Waals surface area contributed by atoms with Gasteiger partial charge in [-0.2, -0.15) is 0 Å². The molecule has 2 rings (SSSR count). The van der Waals surface area contributed by atoms with Crippen LogP contribution >= 0.6 is 0 Å². The zero-order valence-electron chi connectivity index (χ0n) is 15.9. The third kappa shape index (κ3) is 6.73. The van der Waals surface area contributed by atoms with Crippen LogP contribution in [0.1, 0.15) is 36.5 Å². The summed E-state index contributed by atoms with van der Waals surface area (Å²) in [5.74, 6) is -0.576. The number of amides is 3.